The predicted octanol–water partition coefficient (Wildman–Crippen LogP) is 3.47. The summed E-state index contributed by atoms with van der Waals surface area (Å²) in [6, 6.07) is 11.5. The number of hydrogen-bond acceptors (Lipinski definition) is 4. The van der Waals surface area contributed by atoms with Crippen molar-refractivity contribution in [1.29, 1.82) is 0 Å². The Labute approximate surface area is 178 Å². The van der Waals surface area contributed by atoms with Crippen LogP contribution >= 0.6 is 11.6 Å². The van der Waals surface area contributed by atoms with Gasteiger partial charge in [0.1, 0.15) is 13.2 Å². The fraction of sp³-hybridized carbons (Fsp3) is 0.227. The molecule has 2 N–H and O–H groups in total. The van der Waals surface area contributed by atoms with Gasteiger partial charge in [-0.25, -0.2) is 9.59 Å². The van der Waals surface area contributed by atoms with Gasteiger partial charge >= 0.3 is 12.0 Å². The number of rotatable bonds is 4. The van der Waals surface area contributed by atoms with Crippen molar-refractivity contribution in [1.82, 2.24) is 10.2 Å². The number of hydrogen-bond donors (Lipinski definition) is 2. The summed E-state index contributed by atoms with van der Waals surface area (Å²) in [5.41, 5.74) is 3.87. The van der Waals surface area contributed by atoms with Gasteiger partial charge in [0.25, 0.3) is 0 Å². The van der Waals surface area contributed by atoms with Gasteiger partial charge in [0, 0.05) is 10.7 Å². The number of urea groups is 1. The van der Waals surface area contributed by atoms with E-state index in [0.717, 1.165) is 11.1 Å². The van der Waals surface area contributed by atoms with Gasteiger partial charge in [-0.1, -0.05) is 41.9 Å². The maximum absolute atomic E-state index is 12.8. The van der Waals surface area contributed by atoms with Gasteiger partial charge < -0.3 is 15.4 Å². The number of nitrogens with zero attached hydrogens (tertiary/aromatic N) is 1. The van der Waals surface area contributed by atoms with Gasteiger partial charge in [0.15, 0.2) is 0 Å². The number of amides is 3. The molecular formula is C22H20ClN3O4. The first-order valence-electron chi connectivity index (χ1n) is 9.45. The summed E-state index contributed by atoms with van der Waals surface area (Å²) in [5.74, 6) is -0.906. The van der Waals surface area contributed by atoms with E-state index >= 15 is 0 Å². The molecule has 8 heteroatoms. The number of nitrogens with one attached hydrogen (secondary N) is 2. The zero-order chi connectivity index (χ0) is 21.4. The van der Waals surface area contributed by atoms with E-state index in [9.17, 15) is 14.4 Å². The molecule has 2 heterocycles. The average molecular weight is 426 g/mol. The lowest BCUT2D eigenvalue weighted by molar-refractivity contribution is -0.136. The third kappa shape index (κ3) is 3.64. The Hall–Kier alpha value is -3.32. The molecule has 4 rings (SSSR count). The van der Waals surface area contributed by atoms with Gasteiger partial charge in [0.2, 0.25) is 5.91 Å². The molecule has 0 fully saturated rings. The monoisotopic (exact) mass is 425 g/mol. The van der Waals surface area contributed by atoms with Gasteiger partial charge in [-0.2, -0.15) is 0 Å². The smallest absolute Gasteiger partial charge is 0.338 e. The molecule has 2 aliphatic rings. The molecular weight excluding hydrogens is 406 g/mol. The van der Waals surface area contributed by atoms with Crippen molar-refractivity contribution in [3.8, 4) is 0 Å². The van der Waals surface area contributed by atoms with Gasteiger partial charge in [0.05, 0.1) is 17.3 Å². The number of carbonyl (C=O) groups is 3. The average Bonchev–Trinajstić information content (AvgIpc) is 3.09. The van der Waals surface area contributed by atoms with Crippen LogP contribution < -0.4 is 10.6 Å². The molecule has 2 aliphatic heterocycles. The number of halogens is 1. The standard InChI is InChI=1S/C22H20ClN3O4/c1-12-7-8-13(2)16(9-12)24-18(27)10-26-17-11-30-21(28)19(17)20(25-22(26)29)14-5-3-4-6-15(14)23/h3-9,20H,10-11H2,1-2H3,(H,24,27)(H,25,29). The van der Waals surface area contributed by atoms with Crippen LogP contribution in [0.25, 0.3) is 0 Å². The lowest BCUT2D eigenvalue weighted by Crippen LogP contribution is -2.49. The van der Waals surface area contributed by atoms with Crippen molar-refractivity contribution in [3.05, 3.63) is 75.4 Å². The quantitative estimate of drug-likeness (QED) is 0.734. The van der Waals surface area contributed by atoms with Crippen LogP contribution in [-0.2, 0) is 14.3 Å². The number of anilines is 1. The number of esters is 1. The van der Waals surface area contributed by atoms with Crippen LogP contribution in [0.2, 0.25) is 5.02 Å². The minimum Gasteiger partial charge on any atom is -0.456 e. The molecule has 3 amide bonds. The van der Waals surface area contributed by atoms with E-state index in [0.29, 0.717) is 27.5 Å². The molecule has 0 radical (unpaired) electrons. The number of aryl methyl sites for hydroxylation is 2. The van der Waals surface area contributed by atoms with Crippen LogP contribution in [0.5, 0.6) is 0 Å². The lowest BCUT2D eigenvalue weighted by atomic mass is 9.95. The van der Waals surface area contributed by atoms with Crippen LogP contribution in [0.15, 0.2) is 53.7 Å². The molecule has 2 aromatic rings. The third-order valence-electron chi connectivity index (χ3n) is 5.18. The molecule has 1 atom stereocenters. The molecule has 0 aromatic heterocycles. The van der Waals surface area contributed by atoms with Gasteiger partial charge in [-0.3, -0.25) is 9.69 Å². The summed E-state index contributed by atoms with van der Waals surface area (Å²) in [6.45, 7) is 3.50. The van der Waals surface area contributed by atoms with Crippen LogP contribution in [0.1, 0.15) is 22.7 Å². The van der Waals surface area contributed by atoms with Crippen LogP contribution in [0, 0.1) is 13.8 Å². The van der Waals surface area contributed by atoms with Crippen molar-refractivity contribution in [2.75, 3.05) is 18.5 Å². The topological polar surface area (TPSA) is 87.7 Å². The number of cyclic esters (lactones) is 1. The molecule has 0 bridgehead atoms. The highest BCUT2D eigenvalue weighted by molar-refractivity contribution is 6.31. The second-order valence-electron chi connectivity index (χ2n) is 7.29. The molecule has 0 saturated heterocycles. The van der Waals surface area contributed by atoms with Crippen LogP contribution in [0.4, 0.5) is 10.5 Å². The van der Waals surface area contributed by atoms with E-state index in [-0.39, 0.29) is 19.1 Å². The van der Waals surface area contributed by atoms with E-state index in [4.69, 9.17) is 16.3 Å². The van der Waals surface area contributed by atoms with E-state index in [1.165, 1.54) is 4.90 Å². The van der Waals surface area contributed by atoms with Crippen molar-refractivity contribution in [3.63, 3.8) is 0 Å². The van der Waals surface area contributed by atoms with Gasteiger partial charge in [-0.05, 0) is 42.7 Å². The fourth-order valence-electron chi connectivity index (χ4n) is 3.62. The van der Waals surface area contributed by atoms with E-state index in [1.807, 2.05) is 32.0 Å². The highest BCUT2D eigenvalue weighted by atomic mass is 35.5. The Kier molecular flexibility index (Phi) is 5.22. The minimum atomic E-state index is -0.727. The summed E-state index contributed by atoms with van der Waals surface area (Å²) in [4.78, 5) is 39.2. The minimum absolute atomic E-state index is 0.0701. The first-order valence-corrected chi connectivity index (χ1v) is 9.82. The Morgan fingerprint density at radius 3 is 2.77 bits per heavy atom. The van der Waals surface area contributed by atoms with E-state index < -0.39 is 18.0 Å². The summed E-state index contributed by atoms with van der Waals surface area (Å²) >= 11 is 6.28. The maximum Gasteiger partial charge on any atom is 0.338 e. The highest BCUT2D eigenvalue weighted by Gasteiger charge is 2.43. The van der Waals surface area contributed by atoms with Crippen molar-refractivity contribution >= 4 is 35.2 Å². The summed E-state index contributed by atoms with van der Waals surface area (Å²) in [5, 5.41) is 6.04. The first-order chi connectivity index (χ1) is 14.3. The van der Waals surface area contributed by atoms with E-state index in [2.05, 4.69) is 10.6 Å². The Morgan fingerprint density at radius 2 is 2.00 bits per heavy atom. The van der Waals surface area contributed by atoms with Crippen molar-refractivity contribution in [2.45, 2.75) is 19.9 Å². The van der Waals surface area contributed by atoms with Crippen molar-refractivity contribution in [2.24, 2.45) is 0 Å². The second kappa shape index (κ2) is 7.84. The van der Waals surface area contributed by atoms with E-state index in [1.54, 1.807) is 24.3 Å². The number of benzene rings is 2. The van der Waals surface area contributed by atoms with Gasteiger partial charge in [-0.15, -0.1) is 0 Å². The third-order valence-corrected chi connectivity index (χ3v) is 5.53. The Balaban J connectivity index is 1.62. The molecule has 0 saturated carbocycles. The van der Waals surface area contributed by atoms with Crippen LogP contribution in [0.3, 0.4) is 0 Å². The summed E-state index contributed by atoms with van der Waals surface area (Å²) < 4.78 is 5.18. The Bertz CT molecular complexity index is 1100. The predicted molar refractivity (Wildman–Crippen MR) is 112 cm³/mol. The molecule has 1 unspecified atom stereocenters. The van der Waals surface area contributed by atoms with Crippen molar-refractivity contribution < 1.29 is 19.1 Å². The zero-order valence-corrected chi connectivity index (χ0v) is 17.2. The molecule has 0 aliphatic carbocycles. The summed E-state index contributed by atoms with van der Waals surface area (Å²) in [6.07, 6.45) is 0. The molecule has 0 spiro atoms. The first kappa shape index (κ1) is 20.0. The second-order valence-corrected chi connectivity index (χ2v) is 7.70. The molecule has 154 valence electrons. The number of ether oxygens (including phenoxy) is 1. The molecule has 30 heavy (non-hydrogen) atoms. The molecule has 2 aromatic carbocycles. The maximum atomic E-state index is 12.8. The highest BCUT2D eigenvalue weighted by Crippen LogP contribution is 2.37. The Morgan fingerprint density at radius 1 is 1.23 bits per heavy atom. The SMILES string of the molecule is Cc1ccc(C)c(NC(=O)CN2C(=O)NC(c3ccccc3Cl)C3=C2COC3=O)c1. The zero-order valence-electron chi connectivity index (χ0n) is 16.5. The normalized spacial score (nSPS) is 18.1. The summed E-state index contributed by atoms with van der Waals surface area (Å²) in [7, 11) is 0. The number of carbonyl (C=O) groups excluding carboxylic acids is 3. The lowest BCUT2D eigenvalue weighted by Gasteiger charge is -2.32. The fourth-order valence-corrected chi connectivity index (χ4v) is 3.87. The van der Waals surface area contributed by atoms with Crippen LogP contribution in [-0.4, -0.2) is 36.0 Å². The molecule has 7 nitrogen and oxygen atoms in total. The largest absolute Gasteiger partial charge is 0.456 e.